The lowest BCUT2D eigenvalue weighted by molar-refractivity contribution is -0.137. The van der Waals surface area contributed by atoms with Crippen LogP contribution in [0, 0.1) is 0 Å². The largest absolute Gasteiger partial charge is 0.416 e. The van der Waals surface area contributed by atoms with Crippen molar-refractivity contribution in [1.29, 1.82) is 0 Å². The van der Waals surface area contributed by atoms with Crippen molar-refractivity contribution in [2.24, 2.45) is 0 Å². The summed E-state index contributed by atoms with van der Waals surface area (Å²) >= 11 is 0. The molecular formula is C22H25F3N2O4S. The first kappa shape index (κ1) is 23.9. The number of halogens is 3. The average molecular weight is 471 g/mol. The number of carbonyl (C=O) groups is 1. The van der Waals surface area contributed by atoms with Crippen LogP contribution in [0.15, 0.2) is 53.4 Å². The highest BCUT2D eigenvalue weighted by Crippen LogP contribution is 2.32. The van der Waals surface area contributed by atoms with Crippen LogP contribution in [0.25, 0.3) is 0 Å². The number of nitrogens with one attached hydrogen (secondary N) is 1. The minimum absolute atomic E-state index is 0.0386. The van der Waals surface area contributed by atoms with Gasteiger partial charge in [-0.2, -0.15) is 21.6 Å². The highest BCUT2D eigenvalue weighted by Gasteiger charge is 2.34. The van der Waals surface area contributed by atoms with Gasteiger partial charge in [0.2, 0.25) is 0 Å². The Hall–Kier alpha value is -2.75. The predicted molar refractivity (Wildman–Crippen MR) is 113 cm³/mol. The second kappa shape index (κ2) is 8.65. The summed E-state index contributed by atoms with van der Waals surface area (Å²) in [5.74, 6) is -0.0386. The number of hydrogen-bond acceptors (Lipinski definition) is 4. The number of urea groups is 1. The summed E-state index contributed by atoms with van der Waals surface area (Å²) < 4.78 is 68.4. The molecule has 0 heterocycles. The number of benzene rings is 2. The maximum Gasteiger partial charge on any atom is 0.416 e. The second-order valence-electron chi connectivity index (χ2n) is 8.75. The average Bonchev–Trinajstić information content (AvgIpc) is 3.50. The normalized spacial score (nSPS) is 14.7. The minimum atomic E-state index is -4.67. The standard InChI is InChI=1S/C22H25F3N2O4S/c1-21(2,3)26-20(28)27(17-9-10-17)14-15-7-11-18(12-8-15)31-32(29,30)19-6-4-5-16(13-19)22(23,24)25/h4-8,11-13,17H,9-10,14H2,1-3H3,(H,26,28). The molecule has 2 aromatic carbocycles. The van der Waals surface area contributed by atoms with Crippen LogP contribution in [0.3, 0.4) is 0 Å². The van der Waals surface area contributed by atoms with E-state index in [4.69, 9.17) is 4.18 Å². The Labute approximate surface area is 185 Å². The number of rotatable bonds is 6. The van der Waals surface area contributed by atoms with Gasteiger partial charge in [-0.15, -0.1) is 0 Å². The van der Waals surface area contributed by atoms with Crippen molar-refractivity contribution >= 4 is 16.1 Å². The molecule has 1 aliphatic carbocycles. The van der Waals surface area contributed by atoms with Gasteiger partial charge in [-0.1, -0.05) is 18.2 Å². The highest BCUT2D eigenvalue weighted by atomic mass is 32.2. The van der Waals surface area contributed by atoms with E-state index in [0.29, 0.717) is 12.6 Å². The Morgan fingerprint density at radius 3 is 2.25 bits per heavy atom. The Bertz CT molecular complexity index is 1070. The number of nitrogens with zero attached hydrogens (tertiary/aromatic N) is 1. The number of hydrogen-bond donors (Lipinski definition) is 1. The van der Waals surface area contributed by atoms with Crippen LogP contribution in [0.5, 0.6) is 5.75 Å². The first-order chi connectivity index (χ1) is 14.7. The van der Waals surface area contributed by atoms with E-state index in [0.717, 1.165) is 36.6 Å². The van der Waals surface area contributed by atoms with Crippen LogP contribution in [0.2, 0.25) is 0 Å². The van der Waals surface area contributed by atoms with Gasteiger partial charge in [-0.05, 0) is 69.5 Å². The Kier molecular flexibility index (Phi) is 6.46. The molecule has 10 heteroatoms. The maximum absolute atomic E-state index is 12.9. The lowest BCUT2D eigenvalue weighted by atomic mass is 10.1. The fourth-order valence-electron chi connectivity index (χ4n) is 3.00. The number of carbonyl (C=O) groups excluding carboxylic acids is 1. The minimum Gasteiger partial charge on any atom is -0.379 e. The van der Waals surface area contributed by atoms with E-state index in [2.05, 4.69) is 5.32 Å². The summed E-state index contributed by atoms with van der Waals surface area (Å²) in [5, 5.41) is 2.94. The van der Waals surface area contributed by atoms with Crippen molar-refractivity contribution in [2.45, 2.75) is 62.8 Å². The van der Waals surface area contributed by atoms with E-state index in [1.165, 1.54) is 12.1 Å². The second-order valence-corrected chi connectivity index (χ2v) is 10.3. The van der Waals surface area contributed by atoms with Crippen LogP contribution >= 0.6 is 0 Å². The molecule has 1 aliphatic rings. The molecule has 0 bridgehead atoms. The van der Waals surface area contributed by atoms with Gasteiger partial charge in [-0.25, -0.2) is 4.79 Å². The van der Waals surface area contributed by atoms with E-state index in [-0.39, 0.29) is 23.4 Å². The van der Waals surface area contributed by atoms with Gasteiger partial charge in [-0.3, -0.25) is 0 Å². The summed E-state index contributed by atoms with van der Waals surface area (Å²) in [6.07, 6.45) is -2.82. The number of amides is 2. The smallest absolute Gasteiger partial charge is 0.379 e. The monoisotopic (exact) mass is 470 g/mol. The highest BCUT2D eigenvalue weighted by molar-refractivity contribution is 7.87. The summed E-state index contributed by atoms with van der Waals surface area (Å²) in [7, 11) is -4.44. The topological polar surface area (TPSA) is 75.7 Å². The van der Waals surface area contributed by atoms with E-state index >= 15 is 0 Å². The van der Waals surface area contributed by atoms with Gasteiger partial charge < -0.3 is 14.4 Å². The molecule has 0 atom stereocenters. The third-order valence-electron chi connectivity index (χ3n) is 4.66. The van der Waals surface area contributed by atoms with Crippen LogP contribution in [0.1, 0.15) is 44.7 Å². The molecule has 0 aromatic heterocycles. The first-order valence-corrected chi connectivity index (χ1v) is 11.4. The van der Waals surface area contributed by atoms with Crippen LogP contribution in [0.4, 0.5) is 18.0 Å². The molecule has 0 radical (unpaired) electrons. The molecule has 2 amide bonds. The zero-order valence-corrected chi connectivity index (χ0v) is 18.8. The molecule has 174 valence electrons. The molecule has 0 saturated heterocycles. The Balaban J connectivity index is 1.71. The fourth-order valence-corrected chi connectivity index (χ4v) is 3.97. The maximum atomic E-state index is 12.9. The molecule has 3 rings (SSSR count). The van der Waals surface area contributed by atoms with Crippen LogP contribution in [-0.2, 0) is 22.8 Å². The molecule has 1 fully saturated rings. The third-order valence-corrected chi connectivity index (χ3v) is 5.91. The fraction of sp³-hybridized carbons (Fsp3) is 0.409. The van der Waals surface area contributed by atoms with Crippen LogP contribution in [-0.4, -0.2) is 30.9 Å². The zero-order chi connectivity index (χ0) is 23.7. The van der Waals surface area contributed by atoms with E-state index in [1.54, 1.807) is 17.0 Å². The molecule has 2 aromatic rings. The van der Waals surface area contributed by atoms with Crippen molar-refractivity contribution in [3.8, 4) is 5.75 Å². The Morgan fingerprint density at radius 1 is 1.09 bits per heavy atom. The third kappa shape index (κ3) is 6.38. The zero-order valence-electron chi connectivity index (χ0n) is 17.9. The van der Waals surface area contributed by atoms with Crippen molar-refractivity contribution in [3.05, 3.63) is 59.7 Å². The Morgan fingerprint density at radius 2 is 1.72 bits per heavy atom. The van der Waals surface area contributed by atoms with Crippen molar-refractivity contribution in [1.82, 2.24) is 10.2 Å². The van der Waals surface area contributed by atoms with Gasteiger partial charge in [0.1, 0.15) is 10.6 Å². The summed E-state index contributed by atoms with van der Waals surface area (Å²) in [6, 6.07) is 9.42. The first-order valence-electron chi connectivity index (χ1n) is 10.0. The molecule has 0 aliphatic heterocycles. The molecule has 6 nitrogen and oxygen atoms in total. The van der Waals surface area contributed by atoms with E-state index < -0.39 is 26.8 Å². The van der Waals surface area contributed by atoms with Gasteiger partial charge in [0, 0.05) is 18.1 Å². The van der Waals surface area contributed by atoms with Crippen molar-refractivity contribution < 1.29 is 30.6 Å². The summed E-state index contributed by atoms with van der Waals surface area (Å²) in [6.45, 7) is 6.03. The number of alkyl halides is 3. The van der Waals surface area contributed by atoms with E-state index in [1.807, 2.05) is 20.8 Å². The molecule has 1 saturated carbocycles. The SMILES string of the molecule is CC(C)(C)NC(=O)N(Cc1ccc(OS(=O)(=O)c2cccc(C(F)(F)F)c2)cc1)C1CC1. The van der Waals surface area contributed by atoms with Crippen molar-refractivity contribution in [3.63, 3.8) is 0 Å². The summed E-state index contributed by atoms with van der Waals surface area (Å²) in [4.78, 5) is 13.7. The van der Waals surface area contributed by atoms with Gasteiger partial charge in [0.15, 0.2) is 0 Å². The molecule has 1 N–H and O–H groups in total. The molecule has 0 unspecified atom stereocenters. The van der Waals surface area contributed by atoms with Gasteiger partial charge in [0.25, 0.3) is 0 Å². The molecule has 32 heavy (non-hydrogen) atoms. The van der Waals surface area contributed by atoms with E-state index in [9.17, 15) is 26.4 Å². The molecular weight excluding hydrogens is 445 g/mol. The predicted octanol–water partition coefficient (Wildman–Crippen LogP) is 4.95. The quantitative estimate of drug-likeness (QED) is 0.607. The summed E-state index contributed by atoms with van der Waals surface area (Å²) in [5.41, 5.74) is -0.685. The lowest BCUT2D eigenvalue weighted by Crippen LogP contribution is -2.49. The van der Waals surface area contributed by atoms with Crippen molar-refractivity contribution in [2.75, 3.05) is 0 Å². The van der Waals surface area contributed by atoms with Gasteiger partial charge in [0.05, 0.1) is 5.56 Å². The molecule has 0 spiro atoms. The van der Waals surface area contributed by atoms with Gasteiger partial charge >= 0.3 is 22.3 Å². The van der Waals surface area contributed by atoms with Crippen LogP contribution < -0.4 is 9.50 Å². The lowest BCUT2D eigenvalue weighted by Gasteiger charge is -2.28.